The summed E-state index contributed by atoms with van der Waals surface area (Å²) < 4.78 is 16.2. The summed E-state index contributed by atoms with van der Waals surface area (Å²) in [5.41, 5.74) is 5.15. The third-order valence-corrected chi connectivity index (χ3v) is 7.39. The summed E-state index contributed by atoms with van der Waals surface area (Å²) >= 11 is 0. The van der Waals surface area contributed by atoms with Gasteiger partial charge in [0.15, 0.2) is 11.5 Å². The van der Waals surface area contributed by atoms with Gasteiger partial charge in [0.25, 0.3) is 0 Å². The first-order valence-electron chi connectivity index (χ1n) is 13.3. The molecule has 9 heteroatoms. The molecule has 7 aromatic rings. The van der Waals surface area contributed by atoms with Gasteiger partial charge in [0.1, 0.15) is 18.7 Å². The molecule has 3 aromatic carbocycles. The number of aromatic nitrogens is 7. The van der Waals surface area contributed by atoms with Gasteiger partial charge < -0.3 is 9.47 Å². The van der Waals surface area contributed by atoms with Crippen LogP contribution in [0, 0.1) is 6.92 Å². The molecule has 0 unspecified atom stereocenters. The van der Waals surface area contributed by atoms with Crippen LogP contribution in [-0.4, -0.2) is 34.3 Å². The second-order valence-corrected chi connectivity index (χ2v) is 9.90. The molecule has 0 fully saturated rings. The number of ether oxygens (including phenoxy) is 2. The lowest BCUT2D eigenvalue weighted by atomic mass is 9.85. The number of benzene rings is 3. The van der Waals surface area contributed by atoms with E-state index in [-0.39, 0.29) is 12.5 Å². The van der Waals surface area contributed by atoms with Crippen molar-refractivity contribution in [2.45, 2.75) is 19.4 Å². The van der Waals surface area contributed by atoms with Crippen LogP contribution >= 0.6 is 0 Å². The molecule has 1 aliphatic rings. The normalized spacial score (nSPS) is 14.0. The van der Waals surface area contributed by atoms with Gasteiger partial charge in [-0.1, -0.05) is 60.7 Å². The van der Waals surface area contributed by atoms with Crippen LogP contribution in [0.1, 0.15) is 34.1 Å². The van der Waals surface area contributed by atoms with Crippen molar-refractivity contribution in [2.24, 2.45) is 0 Å². The maximum atomic E-state index is 6.49. The number of hydrogen-bond acceptors (Lipinski definition) is 7. The van der Waals surface area contributed by atoms with Gasteiger partial charge in [-0.3, -0.25) is 4.98 Å². The highest BCUT2D eigenvalue weighted by Crippen LogP contribution is 2.49. The Balaban J connectivity index is 1.24. The van der Waals surface area contributed by atoms with E-state index >= 15 is 0 Å². The molecule has 0 saturated heterocycles. The van der Waals surface area contributed by atoms with E-state index in [1.807, 2.05) is 84.5 Å². The molecular formula is C32H23N7O2. The fraction of sp³-hybridized carbons (Fsp3) is 0.0938. The molecule has 0 radical (unpaired) electrons. The van der Waals surface area contributed by atoms with Crippen molar-refractivity contribution >= 4 is 16.4 Å². The average molecular weight is 538 g/mol. The predicted molar refractivity (Wildman–Crippen MR) is 153 cm³/mol. The highest BCUT2D eigenvalue weighted by Gasteiger charge is 2.38. The van der Waals surface area contributed by atoms with Crippen LogP contribution in [-0.2, 0) is 6.61 Å². The van der Waals surface area contributed by atoms with Crippen molar-refractivity contribution in [3.8, 4) is 23.2 Å². The standard InChI is InChI=1S/C32H23N7O2/c1-20-27-28(22-11-8-16-33-17-22)29-30-35-26(18-40-25-15-7-10-21-9-5-6-14-24(21)25)37-38(30)19-34-31(29)41-32(27)39(36-20)23-12-3-2-4-13-23/h2-17,19,28H,18H2,1H3/t28-/m0/s1. The van der Waals surface area contributed by atoms with Gasteiger partial charge in [0.2, 0.25) is 11.8 Å². The van der Waals surface area contributed by atoms with E-state index in [0.717, 1.165) is 44.6 Å². The molecule has 5 heterocycles. The lowest BCUT2D eigenvalue weighted by Gasteiger charge is -2.26. The van der Waals surface area contributed by atoms with E-state index in [1.54, 1.807) is 17.0 Å². The molecule has 0 aliphatic carbocycles. The zero-order valence-electron chi connectivity index (χ0n) is 22.0. The van der Waals surface area contributed by atoms with Crippen molar-refractivity contribution in [3.63, 3.8) is 0 Å². The second kappa shape index (κ2) is 9.27. The Morgan fingerprint density at radius 1 is 0.878 bits per heavy atom. The second-order valence-electron chi connectivity index (χ2n) is 9.90. The van der Waals surface area contributed by atoms with Gasteiger partial charge in [-0.05, 0) is 42.1 Å². The van der Waals surface area contributed by atoms with Crippen molar-refractivity contribution in [2.75, 3.05) is 0 Å². The minimum Gasteiger partial charge on any atom is -0.485 e. The van der Waals surface area contributed by atoms with Crippen LogP contribution in [0.4, 0.5) is 0 Å². The van der Waals surface area contributed by atoms with E-state index in [2.05, 4.69) is 28.2 Å². The van der Waals surface area contributed by atoms with E-state index in [4.69, 9.17) is 24.7 Å². The van der Waals surface area contributed by atoms with Gasteiger partial charge in [0, 0.05) is 17.8 Å². The zero-order chi connectivity index (χ0) is 27.3. The monoisotopic (exact) mass is 537 g/mol. The molecule has 0 amide bonds. The Bertz CT molecular complexity index is 2050. The summed E-state index contributed by atoms with van der Waals surface area (Å²) in [6.07, 6.45) is 5.26. The molecule has 0 N–H and O–H groups in total. The van der Waals surface area contributed by atoms with Crippen LogP contribution < -0.4 is 9.47 Å². The number of aryl methyl sites for hydroxylation is 1. The maximum absolute atomic E-state index is 6.49. The Morgan fingerprint density at radius 3 is 2.61 bits per heavy atom. The Kier molecular flexibility index (Phi) is 5.27. The molecule has 0 spiro atoms. The van der Waals surface area contributed by atoms with Crippen molar-refractivity contribution < 1.29 is 9.47 Å². The summed E-state index contributed by atoms with van der Waals surface area (Å²) in [6, 6.07) is 28.1. The number of rotatable bonds is 5. The first-order chi connectivity index (χ1) is 20.2. The predicted octanol–water partition coefficient (Wildman–Crippen LogP) is 6.03. The summed E-state index contributed by atoms with van der Waals surface area (Å²) in [4.78, 5) is 14.0. The molecule has 198 valence electrons. The number of hydrogen-bond donors (Lipinski definition) is 0. The molecule has 9 nitrogen and oxygen atoms in total. The first-order valence-corrected chi connectivity index (χ1v) is 13.3. The number of pyridine rings is 1. The molecule has 41 heavy (non-hydrogen) atoms. The van der Waals surface area contributed by atoms with E-state index in [0.29, 0.717) is 23.2 Å². The molecule has 4 aromatic heterocycles. The van der Waals surface area contributed by atoms with Gasteiger partial charge in [-0.25, -0.2) is 19.2 Å². The van der Waals surface area contributed by atoms with Crippen molar-refractivity contribution in [1.82, 2.24) is 34.3 Å². The summed E-state index contributed by atoms with van der Waals surface area (Å²) in [5.74, 6) is 2.16. The Labute approximate surface area is 234 Å². The highest BCUT2D eigenvalue weighted by molar-refractivity contribution is 5.88. The zero-order valence-corrected chi connectivity index (χ0v) is 22.0. The fourth-order valence-corrected chi connectivity index (χ4v) is 5.57. The Morgan fingerprint density at radius 2 is 1.73 bits per heavy atom. The van der Waals surface area contributed by atoms with Crippen LogP contribution in [0.3, 0.4) is 0 Å². The number of nitrogens with zero attached hydrogens (tertiary/aromatic N) is 7. The first kappa shape index (κ1) is 23.3. The highest BCUT2D eigenvalue weighted by atomic mass is 16.5. The SMILES string of the molecule is Cc1nn(-c2ccccc2)c2c1[C@H](c1cccnc1)c1c(ncn3nc(COc4cccc5ccccc45)nc13)O2. The summed E-state index contributed by atoms with van der Waals surface area (Å²) in [5, 5.41) is 11.7. The van der Waals surface area contributed by atoms with Gasteiger partial charge in [0.05, 0.1) is 28.4 Å². The molecule has 1 aliphatic heterocycles. The van der Waals surface area contributed by atoms with Crippen LogP contribution in [0.2, 0.25) is 0 Å². The molecule has 0 bridgehead atoms. The van der Waals surface area contributed by atoms with Gasteiger partial charge in [-0.2, -0.15) is 5.10 Å². The van der Waals surface area contributed by atoms with Crippen LogP contribution in [0.15, 0.2) is 104 Å². The van der Waals surface area contributed by atoms with E-state index in [9.17, 15) is 0 Å². The molecule has 1 atom stereocenters. The Hall–Kier alpha value is -5.57. The van der Waals surface area contributed by atoms with E-state index < -0.39 is 0 Å². The lowest BCUT2D eigenvalue weighted by molar-refractivity contribution is 0.299. The maximum Gasteiger partial charge on any atom is 0.230 e. The molecule has 8 rings (SSSR count). The quantitative estimate of drug-likeness (QED) is 0.265. The lowest BCUT2D eigenvalue weighted by Crippen LogP contribution is -2.16. The minimum atomic E-state index is -0.257. The molecular weight excluding hydrogens is 514 g/mol. The van der Waals surface area contributed by atoms with Gasteiger partial charge in [-0.15, -0.1) is 5.10 Å². The average Bonchev–Trinajstić information content (AvgIpc) is 3.60. The third-order valence-electron chi connectivity index (χ3n) is 7.39. The van der Waals surface area contributed by atoms with Crippen molar-refractivity contribution in [1.29, 1.82) is 0 Å². The number of para-hydroxylation sites is 1. The topological polar surface area (TPSA) is 92.3 Å². The fourth-order valence-electron chi connectivity index (χ4n) is 5.57. The number of fused-ring (bicyclic) bond motifs is 5. The smallest absolute Gasteiger partial charge is 0.230 e. The van der Waals surface area contributed by atoms with Crippen LogP contribution in [0.25, 0.3) is 22.1 Å². The summed E-state index contributed by atoms with van der Waals surface area (Å²) in [7, 11) is 0. The third kappa shape index (κ3) is 3.81. The summed E-state index contributed by atoms with van der Waals surface area (Å²) in [6.45, 7) is 2.20. The van der Waals surface area contributed by atoms with E-state index in [1.165, 1.54) is 0 Å². The molecule has 0 saturated carbocycles. The largest absolute Gasteiger partial charge is 0.485 e. The van der Waals surface area contributed by atoms with Crippen molar-refractivity contribution in [3.05, 3.63) is 132 Å². The minimum absolute atomic E-state index is 0.207. The van der Waals surface area contributed by atoms with Gasteiger partial charge >= 0.3 is 0 Å². The van der Waals surface area contributed by atoms with Crippen LogP contribution in [0.5, 0.6) is 17.5 Å².